The summed E-state index contributed by atoms with van der Waals surface area (Å²) in [6, 6.07) is 5.59. The third-order valence-corrected chi connectivity index (χ3v) is 4.02. The van der Waals surface area contributed by atoms with E-state index in [1.807, 2.05) is 0 Å². The second-order valence-electron chi connectivity index (χ2n) is 3.90. The van der Waals surface area contributed by atoms with E-state index >= 15 is 0 Å². The number of ether oxygens (including phenoxy) is 1. The maximum Gasteiger partial charge on any atom is 0.387 e. The van der Waals surface area contributed by atoms with Crippen LogP contribution in [0.3, 0.4) is 0 Å². The first-order chi connectivity index (χ1) is 8.89. The molecule has 0 aliphatic rings. The van der Waals surface area contributed by atoms with Crippen molar-refractivity contribution in [2.45, 2.75) is 32.9 Å². The van der Waals surface area contributed by atoms with Crippen LogP contribution in [0.4, 0.5) is 8.78 Å². The van der Waals surface area contributed by atoms with Crippen molar-refractivity contribution in [2.24, 2.45) is 0 Å². The largest absolute Gasteiger partial charge is 0.434 e. The second kappa shape index (κ2) is 6.81. The van der Waals surface area contributed by atoms with Gasteiger partial charge in [0.05, 0.1) is 11.8 Å². The highest BCUT2D eigenvalue weighted by Crippen LogP contribution is 2.28. The molecule has 1 rings (SSSR count). The van der Waals surface area contributed by atoms with Gasteiger partial charge in [-0.2, -0.15) is 8.78 Å². The van der Waals surface area contributed by atoms with Gasteiger partial charge in [0.25, 0.3) is 0 Å². The van der Waals surface area contributed by atoms with E-state index in [2.05, 4.69) is 9.46 Å². The van der Waals surface area contributed by atoms with E-state index < -0.39 is 22.7 Å². The Balaban J connectivity index is 3.04. The summed E-state index contributed by atoms with van der Waals surface area (Å²) in [6.45, 7) is 0.333. The maximum atomic E-state index is 12.3. The first-order valence-electron chi connectivity index (χ1n) is 5.93. The molecule has 0 aromatic heterocycles. The zero-order valence-corrected chi connectivity index (χ0v) is 11.6. The highest BCUT2D eigenvalue weighted by Gasteiger charge is 2.20. The molecule has 0 spiro atoms. The van der Waals surface area contributed by atoms with Crippen LogP contribution in [0.5, 0.6) is 5.75 Å². The molecule has 4 nitrogen and oxygen atoms in total. The van der Waals surface area contributed by atoms with Crippen molar-refractivity contribution in [3.63, 3.8) is 0 Å². The predicted molar refractivity (Wildman–Crippen MR) is 68.7 cm³/mol. The molecule has 0 saturated carbocycles. The normalized spacial score (nSPS) is 13.5. The Bertz CT molecular complexity index is 505. The van der Waals surface area contributed by atoms with Crippen LogP contribution in [0.25, 0.3) is 0 Å². The van der Waals surface area contributed by atoms with E-state index in [1.54, 1.807) is 25.1 Å². The number of para-hydroxylation sites is 1. The number of hydrogen-bond acceptors (Lipinski definition) is 3. The fraction of sp³-hybridized carbons (Fsp3) is 0.500. The molecule has 0 radical (unpaired) electrons. The van der Waals surface area contributed by atoms with Gasteiger partial charge < -0.3 is 4.74 Å². The predicted octanol–water partition coefficient (Wildman–Crippen LogP) is 2.68. The van der Waals surface area contributed by atoms with Crippen molar-refractivity contribution < 1.29 is 21.9 Å². The summed E-state index contributed by atoms with van der Waals surface area (Å²) in [7, 11) is -3.42. The number of sulfonamides is 1. The average molecular weight is 293 g/mol. The summed E-state index contributed by atoms with van der Waals surface area (Å²) >= 11 is 0. The van der Waals surface area contributed by atoms with Crippen LogP contribution in [0.2, 0.25) is 0 Å². The van der Waals surface area contributed by atoms with E-state index in [4.69, 9.17) is 0 Å². The third-order valence-electron chi connectivity index (χ3n) is 2.62. The van der Waals surface area contributed by atoms with Gasteiger partial charge in [0, 0.05) is 5.56 Å². The van der Waals surface area contributed by atoms with Gasteiger partial charge in [0.1, 0.15) is 5.75 Å². The standard InChI is InChI=1S/C12H17F2NO3S/c1-3-10(15-19(16,17)4-2)9-7-5-6-8-11(9)18-12(13)14/h5-8,10,12,15H,3-4H2,1-2H3. The molecule has 0 bridgehead atoms. The molecule has 1 atom stereocenters. The van der Waals surface area contributed by atoms with E-state index in [0.717, 1.165) is 0 Å². The summed E-state index contributed by atoms with van der Waals surface area (Å²) in [6.07, 6.45) is 0.433. The topological polar surface area (TPSA) is 55.4 Å². The molecule has 1 N–H and O–H groups in total. The molecule has 19 heavy (non-hydrogen) atoms. The Morgan fingerprint density at radius 1 is 1.26 bits per heavy atom. The van der Waals surface area contributed by atoms with Gasteiger partial charge in [-0.15, -0.1) is 0 Å². The lowest BCUT2D eigenvalue weighted by Gasteiger charge is -2.20. The van der Waals surface area contributed by atoms with E-state index in [9.17, 15) is 17.2 Å². The number of halogens is 2. The quantitative estimate of drug-likeness (QED) is 0.841. The van der Waals surface area contributed by atoms with Gasteiger partial charge in [0.15, 0.2) is 0 Å². The molecule has 0 aliphatic heterocycles. The van der Waals surface area contributed by atoms with Gasteiger partial charge in [-0.25, -0.2) is 13.1 Å². The monoisotopic (exact) mass is 293 g/mol. The van der Waals surface area contributed by atoms with Crippen LogP contribution in [0.1, 0.15) is 31.9 Å². The number of nitrogens with one attached hydrogen (secondary N) is 1. The minimum Gasteiger partial charge on any atom is -0.434 e. The number of alkyl halides is 2. The van der Waals surface area contributed by atoms with Gasteiger partial charge in [-0.3, -0.25) is 0 Å². The van der Waals surface area contributed by atoms with Crippen molar-refractivity contribution in [3.8, 4) is 5.75 Å². The average Bonchev–Trinajstić information content (AvgIpc) is 2.36. The highest BCUT2D eigenvalue weighted by molar-refractivity contribution is 7.89. The van der Waals surface area contributed by atoms with Crippen molar-refractivity contribution in [2.75, 3.05) is 5.75 Å². The SMILES string of the molecule is CCC(NS(=O)(=O)CC)c1ccccc1OC(F)F. The van der Waals surface area contributed by atoms with E-state index in [1.165, 1.54) is 13.0 Å². The highest BCUT2D eigenvalue weighted by atomic mass is 32.2. The van der Waals surface area contributed by atoms with Gasteiger partial charge >= 0.3 is 6.61 Å². The Labute approximate surface area is 111 Å². The minimum absolute atomic E-state index is 0.0110. The van der Waals surface area contributed by atoms with Crippen molar-refractivity contribution >= 4 is 10.0 Å². The Morgan fingerprint density at radius 3 is 2.42 bits per heavy atom. The summed E-state index contributed by atoms with van der Waals surface area (Å²) in [4.78, 5) is 0. The zero-order chi connectivity index (χ0) is 14.5. The molecule has 7 heteroatoms. The van der Waals surface area contributed by atoms with Crippen molar-refractivity contribution in [1.29, 1.82) is 0 Å². The first-order valence-corrected chi connectivity index (χ1v) is 7.58. The molecule has 0 amide bonds. The number of benzene rings is 1. The molecule has 108 valence electrons. The lowest BCUT2D eigenvalue weighted by atomic mass is 10.0. The lowest BCUT2D eigenvalue weighted by Crippen LogP contribution is -2.30. The first kappa shape index (κ1) is 15.8. The Morgan fingerprint density at radius 2 is 1.89 bits per heavy atom. The minimum atomic E-state index is -3.42. The Kier molecular flexibility index (Phi) is 5.68. The summed E-state index contributed by atoms with van der Waals surface area (Å²) in [5, 5.41) is 0. The van der Waals surface area contributed by atoms with Crippen LogP contribution in [-0.4, -0.2) is 20.8 Å². The summed E-state index contributed by atoms with van der Waals surface area (Å²) in [5.41, 5.74) is 0.405. The van der Waals surface area contributed by atoms with Crippen molar-refractivity contribution in [1.82, 2.24) is 4.72 Å². The molecule has 0 aliphatic carbocycles. The lowest BCUT2D eigenvalue weighted by molar-refractivity contribution is -0.0506. The maximum absolute atomic E-state index is 12.3. The third kappa shape index (κ3) is 4.76. The fourth-order valence-corrected chi connectivity index (χ4v) is 2.53. The molecule has 0 heterocycles. The molecule has 1 aromatic carbocycles. The summed E-state index contributed by atoms with van der Waals surface area (Å²) < 4.78 is 54.7. The zero-order valence-electron chi connectivity index (χ0n) is 10.8. The van der Waals surface area contributed by atoms with Gasteiger partial charge in [-0.1, -0.05) is 25.1 Å². The Hall–Kier alpha value is -1.21. The number of hydrogen-bond donors (Lipinski definition) is 1. The summed E-state index contributed by atoms with van der Waals surface area (Å²) in [5.74, 6) is -0.0791. The molecular formula is C12H17F2NO3S. The molecule has 1 unspecified atom stereocenters. The van der Waals surface area contributed by atoms with Crippen LogP contribution >= 0.6 is 0 Å². The fourth-order valence-electron chi connectivity index (χ4n) is 1.64. The van der Waals surface area contributed by atoms with Crippen LogP contribution in [-0.2, 0) is 10.0 Å². The number of rotatable bonds is 7. The van der Waals surface area contributed by atoms with Gasteiger partial charge in [-0.05, 0) is 19.4 Å². The van der Waals surface area contributed by atoms with E-state index in [0.29, 0.717) is 12.0 Å². The van der Waals surface area contributed by atoms with Crippen molar-refractivity contribution in [3.05, 3.63) is 29.8 Å². The molecule has 0 saturated heterocycles. The van der Waals surface area contributed by atoms with Crippen LogP contribution < -0.4 is 9.46 Å². The van der Waals surface area contributed by atoms with Crippen LogP contribution in [0, 0.1) is 0 Å². The molecule has 1 aromatic rings. The van der Waals surface area contributed by atoms with Gasteiger partial charge in [0.2, 0.25) is 10.0 Å². The molecule has 0 fully saturated rings. The van der Waals surface area contributed by atoms with E-state index in [-0.39, 0.29) is 11.5 Å². The second-order valence-corrected chi connectivity index (χ2v) is 5.94. The van der Waals surface area contributed by atoms with Crippen LogP contribution in [0.15, 0.2) is 24.3 Å². The molecular weight excluding hydrogens is 276 g/mol. The smallest absolute Gasteiger partial charge is 0.387 e.